The molecular weight excluding hydrogens is 470 g/mol. The molecule has 0 aliphatic carbocycles. The number of β-lactam (4-membered cyclic amide) rings is 1. The van der Waals surface area contributed by atoms with Gasteiger partial charge in [0.25, 0.3) is 6.33 Å². The first-order valence-electron chi connectivity index (χ1n) is 10.2. The second kappa shape index (κ2) is 8.73. The maximum atomic E-state index is 12.6. The fraction of sp³-hybridized carbons (Fsp3) is 0.500. The maximum Gasteiger partial charge on any atom is 0.352 e. The van der Waals surface area contributed by atoms with E-state index < -0.39 is 18.0 Å². The summed E-state index contributed by atoms with van der Waals surface area (Å²) in [5.74, 6) is -1.42. The number of carbonyl (C=O) groups is 2. The van der Waals surface area contributed by atoms with Crippen LogP contribution in [0, 0.1) is 17.2 Å². The van der Waals surface area contributed by atoms with E-state index in [9.17, 15) is 19.8 Å². The Hall–Kier alpha value is -2.02. The molecule has 2 aliphatic heterocycles. The van der Waals surface area contributed by atoms with Crippen molar-refractivity contribution in [1.29, 1.82) is 5.41 Å². The van der Waals surface area contributed by atoms with Crippen LogP contribution >= 0.6 is 34.9 Å². The summed E-state index contributed by atoms with van der Waals surface area (Å²) in [6.07, 6.45) is 6.00. The van der Waals surface area contributed by atoms with E-state index in [1.54, 1.807) is 18.7 Å². The summed E-state index contributed by atoms with van der Waals surface area (Å²) in [5, 5.41) is 28.5. The molecule has 1 fully saturated rings. The van der Waals surface area contributed by atoms with E-state index in [2.05, 4.69) is 4.57 Å². The van der Waals surface area contributed by atoms with E-state index in [1.165, 1.54) is 28.0 Å². The lowest BCUT2D eigenvalue weighted by atomic mass is 9.77. The second-order valence-corrected chi connectivity index (χ2v) is 11.0. The van der Waals surface area contributed by atoms with Crippen LogP contribution in [0.15, 0.2) is 23.2 Å². The predicted octanol–water partition coefficient (Wildman–Crippen LogP) is 1.68. The molecule has 0 saturated carbocycles. The molecule has 2 aliphatic rings. The fourth-order valence-corrected chi connectivity index (χ4v) is 7.43. The number of hydrogen-bond donors (Lipinski definition) is 4. The van der Waals surface area contributed by atoms with Crippen LogP contribution in [0.1, 0.15) is 25.1 Å². The van der Waals surface area contributed by atoms with Gasteiger partial charge < -0.3 is 20.8 Å². The van der Waals surface area contributed by atoms with Crippen LogP contribution in [-0.4, -0.2) is 60.7 Å². The average molecular weight is 497 g/mol. The van der Waals surface area contributed by atoms with Gasteiger partial charge in [0.05, 0.1) is 29.5 Å². The first kappa shape index (κ1) is 23.1. The van der Waals surface area contributed by atoms with Gasteiger partial charge in [-0.05, 0) is 19.6 Å². The zero-order valence-electron chi connectivity index (χ0n) is 17.9. The highest BCUT2D eigenvalue weighted by atomic mass is 32.2. The molecular formula is C20H26N5O4S3+. The lowest BCUT2D eigenvalue weighted by Crippen LogP contribution is -2.63. The normalized spacial score (nSPS) is 23.6. The average Bonchev–Trinajstić information content (AvgIpc) is 3.32. The molecule has 4 atom stereocenters. The largest absolute Gasteiger partial charge is 0.477 e. The third-order valence-corrected chi connectivity index (χ3v) is 8.93. The molecule has 4 rings (SSSR count). The van der Waals surface area contributed by atoms with E-state index in [-0.39, 0.29) is 28.7 Å². The number of carboxylic acids is 1. The van der Waals surface area contributed by atoms with Crippen molar-refractivity contribution in [2.24, 2.45) is 17.6 Å². The molecule has 0 radical (unpaired) electrons. The summed E-state index contributed by atoms with van der Waals surface area (Å²) < 4.78 is 4.17. The molecule has 9 nitrogen and oxygen atoms in total. The van der Waals surface area contributed by atoms with Crippen molar-refractivity contribution in [2.45, 2.75) is 44.0 Å². The van der Waals surface area contributed by atoms with Gasteiger partial charge in [-0.15, -0.1) is 0 Å². The van der Waals surface area contributed by atoms with E-state index in [1.807, 2.05) is 30.1 Å². The number of aromatic nitrogens is 2. The van der Waals surface area contributed by atoms with Gasteiger partial charge in [-0.25, -0.2) is 9.36 Å². The maximum absolute atomic E-state index is 12.6. The standard InChI is InChI=1S/C20H25N5O4S3/c1-9-12(15(19(28)29)25-14(9)13(10(2)26)16(25)27)11-7-24-8-23(5-4-6-31-20(21)22)17(30-3)18(24)32-11/h7-10,13-14,26H,4-6H2,1-3H3,(H3-,21,22,28,29)/p+1/t9-,10+,13+,14+/m0/s1. The fourth-order valence-electron chi connectivity index (χ4n) is 4.73. The molecule has 1 amide bonds. The smallest absolute Gasteiger partial charge is 0.352 e. The van der Waals surface area contributed by atoms with Crippen molar-refractivity contribution in [1.82, 2.24) is 9.30 Å². The van der Waals surface area contributed by atoms with Crippen molar-refractivity contribution in [3.05, 3.63) is 23.1 Å². The summed E-state index contributed by atoms with van der Waals surface area (Å²) in [5.41, 5.74) is 6.09. The molecule has 4 heterocycles. The first-order chi connectivity index (χ1) is 15.2. The number of hydrogen-bond acceptors (Lipinski definition) is 7. The third-order valence-electron chi connectivity index (χ3n) is 6.04. The van der Waals surface area contributed by atoms with Gasteiger partial charge in [-0.1, -0.05) is 41.8 Å². The van der Waals surface area contributed by atoms with Crippen molar-refractivity contribution in [3.8, 4) is 0 Å². The molecule has 0 aromatic carbocycles. The highest BCUT2D eigenvalue weighted by molar-refractivity contribution is 8.13. The van der Waals surface area contributed by atoms with Crippen LogP contribution in [0.2, 0.25) is 0 Å². The summed E-state index contributed by atoms with van der Waals surface area (Å²) in [6.45, 7) is 4.31. The molecule has 12 heteroatoms. The van der Waals surface area contributed by atoms with Gasteiger partial charge in [-0.2, -0.15) is 4.40 Å². The van der Waals surface area contributed by atoms with Crippen molar-refractivity contribution in [3.63, 3.8) is 0 Å². The number of nitrogens with one attached hydrogen (secondary N) is 1. The number of rotatable bonds is 8. The number of nitrogens with two attached hydrogens (primary N) is 1. The molecule has 2 aromatic heterocycles. The van der Waals surface area contributed by atoms with Crippen LogP contribution in [0.3, 0.4) is 0 Å². The zero-order valence-corrected chi connectivity index (χ0v) is 20.4. The number of aliphatic carboxylic acids is 1. The van der Waals surface area contributed by atoms with Gasteiger partial charge in [0.2, 0.25) is 15.8 Å². The topological polar surface area (TPSA) is 136 Å². The highest BCUT2D eigenvalue weighted by Gasteiger charge is 2.60. The molecule has 5 N–H and O–H groups in total. The Morgan fingerprint density at radius 1 is 1.47 bits per heavy atom. The third kappa shape index (κ3) is 3.62. The number of amides is 1. The monoisotopic (exact) mass is 496 g/mol. The number of imidazole rings is 1. The van der Waals surface area contributed by atoms with Gasteiger partial charge in [0.15, 0.2) is 5.17 Å². The van der Waals surface area contributed by atoms with Crippen molar-refractivity contribution >= 4 is 62.3 Å². The Bertz CT molecular complexity index is 1140. The zero-order chi connectivity index (χ0) is 23.3. The summed E-state index contributed by atoms with van der Waals surface area (Å²) in [7, 11) is 0. The molecule has 0 bridgehead atoms. The van der Waals surface area contributed by atoms with E-state index in [0.29, 0.717) is 5.57 Å². The van der Waals surface area contributed by atoms with E-state index in [0.717, 1.165) is 33.5 Å². The second-order valence-electron chi connectivity index (χ2n) is 8.01. The Morgan fingerprint density at radius 3 is 2.78 bits per heavy atom. The molecule has 32 heavy (non-hydrogen) atoms. The number of carbonyl (C=O) groups excluding carboxylic acids is 1. The molecule has 0 spiro atoms. The number of amidine groups is 1. The summed E-state index contributed by atoms with van der Waals surface area (Å²) >= 11 is 4.47. The summed E-state index contributed by atoms with van der Waals surface area (Å²) in [6, 6.07) is -0.325. The molecule has 1 saturated heterocycles. The number of aliphatic hydroxyl groups excluding tert-OH is 1. The van der Waals surface area contributed by atoms with Crippen LogP contribution in [0.4, 0.5) is 0 Å². The lowest BCUT2D eigenvalue weighted by Gasteiger charge is -2.46. The van der Waals surface area contributed by atoms with E-state index in [4.69, 9.17) is 11.1 Å². The van der Waals surface area contributed by atoms with Crippen molar-refractivity contribution < 1.29 is 24.4 Å². The molecule has 2 aromatic rings. The quantitative estimate of drug-likeness (QED) is 0.109. The number of thiazole rings is 1. The minimum Gasteiger partial charge on any atom is -0.477 e. The van der Waals surface area contributed by atoms with Gasteiger partial charge >= 0.3 is 5.97 Å². The lowest BCUT2D eigenvalue weighted by molar-refractivity contribution is -0.729. The number of thioether (sulfide) groups is 2. The Kier molecular flexibility index (Phi) is 6.31. The number of aliphatic hydroxyl groups is 1. The van der Waals surface area contributed by atoms with Crippen LogP contribution in [0.5, 0.6) is 0 Å². The number of fused-ring (bicyclic) bond motifs is 2. The van der Waals surface area contributed by atoms with Crippen LogP contribution in [0.25, 0.3) is 10.4 Å². The minimum absolute atomic E-state index is 0.0359. The first-order valence-corrected chi connectivity index (χ1v) is 13.2. The van der Waals surface area contributed by atoms with E-state index >= 15 is 0 Å². The molecule has 0 unspecified atom stereocenters. The number of aryl methyl sites for hydroxylation is 1. The minimum atomic E-state index is -1.12. The van der Waals surface area contributed by atoms with Gasteiger partial charge in [0.1, 0.15) is 11.9 Å². The number of nitrogens with zero attached hydrogens (tertiary/aromatic N) is 3. The summed E-state index contributed by atoms with van der Waals surface area (Å²) in [4.78, 5) is 27.9. The highest BCUT2D eigenvalue weighted by Crippen LogP contribution is 2.51. The van der Waals surface area contributed by atoms with Crippen molar-refractivity contribution in [2.75, 3.05) is 12.0 Å². The molecule has 172 valence electrons. The van der Waals surface area contributed by atoms with Gasteiger partial charge in [0, 0.05) is 17.2 Å². The Labute approximate surface area is 197 Å². The number of carboxylic acid groups (broad SMARTS) is 1. The predicted molar refractivity (Wildman–Crippen MR) is 126 cm³/mol. The SMILES string of the molecule is CSc1c2sc(C3=C(C(=O)O)N4C(=O)[C@H]([C@@H](C)O)[C@H]4[C@H]3C)cn2c[n+]1CCCSC(=N)N. The van der Waals surface area contributed by atoms with Crippen LogP contribution in [-0.2, 0) is 16.1 Å². The van der Waals surface area contributed by atoms with Crippen LogP contribution < -0.4 is 10.3 Å². The Balaban J connectivity index is 1.67. The Morgan fingerprint density at radius 2 is 2.19 bits per heavy atom. The van der Waals surface area contributed by atoms with Gasteiger partial charge in [-0.3, -0.25) is 10.2 Å².